The summed E-state index contributed by atoms with van der Waals surface area (Å²) in [6, 6.07) is 9.94. The summed E-state index contributed by atoms with van der Waals surface area (Å²) >= 11 is 3.41. The van der Waals surface area contributed by atoms with Gasteiger partial charge in [-0.1, -0.05) is 30.3 Å². The van der Waals surface area contributed by atoms with E-state index in [2.05, 4.69) is 21.2 Å². The number of primary amides is 1. The van der Waals surface area contributed by atoms with E-state index in [0.717, 1.165) is 10.8 Å². The van der Waals surface area contributed by atoms with Crippen molar-refractivity contribution in [1.29, 1.82) is 0 Å². The van der Waals surface area contributed by atoms with Crippen LogP contribution in [0.25, 0.3) is 10.8 Å². The Morgan fingerprint density at radius 1 is 1.24 bits per heavy atom. The normalized spacial score (nSPS) is 13.7. The molecule has 0 saturated carbocycles. The molecule has 21 heavy (non-hydrogen) atoms. The van der Waals surface area contributed by atoms with Gasteiger partial charge in [0.2, 0.25) is 5.91 Å². The Morgan fingerprint density at radius 2 is 1.90 bits per heavy atom. The summed E-state index contributed by atoms with van der Waals surface area (Å²) in [6.45, 7) is 1.39. The van der Waals surface area contributed by atoms with Crippen molar-refractivity contribution in [2.45, 2.75) is 19.1 Å². The molecule has 0 radical (unpaired) electrons. The summed E-state index contributed by atoms with van der Waals surface area (Å²) in [4.78, 5) is 23.5. The molecule has 0 unspecified atom stereocenters. The minimum atomic E-state index is -1.13. The lowest BCUT2D eigenvalue weighted by Crippen LogP contribution is -2.50. The van der Waals surface area contributed by atoms with Gasteiger partial charge in [-0.05, 0) is 39.7 Å². The average Bonchev–Trinajstić information content (AvgIpc) is 2.44. The number of aliphatic hydroxyl groups is 1. The molecule has 2 amide bonds. The van der Waals surface area contributed by atoms with Gasteiger partial charge in [0.25, 0.3) is 5.91 Å². The Bertz CT molecular complexity index is 700. The van der Waals surface area contributed by atoms with Gasteiger partial charge in [0.15, 0.2) is 0 Å². The zero-order valence-electron chi connectivity index (χ0n) is 11.3. The topological polar surface area (TPSA) is 92.4 Å². The number of carbonyl (C=O) groups excluding carboxylic acids is 2. The number of fused-ring (bicyclic) bond motifs is 1. The number of aliphatic hydroxyl groups excluding tert-OH is 1. The minimum absolute atomic E-state index is 0.376. The van der Waals surface area contributed by atoms with Gasteiger partial charge in [-0.25, -0.2) is 0 Å². The third-order valence-electron chi connectivity index (χ3n) is 3.18. The summed E-state index contributed by atoms with van der Waals surface area (Å²) in [6.07, 6.45) is -1.06. The number of nitrogens with two attached hydrogens (primary N) is 1. The van der Waals surface area contributed by atoms with Crippen molar-refractivity contribution in [3.05, 3.63) is 46.4 Å². The standard InChI is InChI=1S/C15H15BrN2O3/c1-8(19)13(14(17)20)18-15(21)11-7-6-9-4-2-3-5-10(9)12(11)16/h2-8,13,19H,1H3,(H2,17,20)(H,18,21)/t8-,13+/m1/s1. The first-order valence-electron chi connectivity index (χ1n) is 6.37. The summed E-state index contributed by atoms with van der Waals surface area (Å²) < 4.78 is 0.631. The van der Waals surface area contributed by atoms with Gasteiger partial charge in [-0.2, -0.15) is 0 Å². The van der Waals surface area contributed by atoms with Crippen molar-refractivity contribution in [2.24, 2.45) is 5.73 Å². The molecular weight excluding hydrogens is 336 g/mol. The highest BCUT2D eigenvalue weighted by Gasteiger charge is 2.24. The van der Waals surface area contributed by atoms with Crippen LogP contribution in [0.4, 0.5) is 0 Å². The lowest BCUT2D eigenvalue weighted by Gasteiger charge is -2.18. The third-order valence-corrected chi connectivity index (χ3v) is 4.04. The van der Waals surface area contributed by atoms with E-state index >= 15 is 0 Å². The Kier molecular flexibility index (Phi) is 4.59. The number of carbonyl (C=O) groups is 2. The molecule has 5 nitrogen and oxygen atoms in total. The average molecular weight is 351 g/mol. The predicted octanol–water partition coefficient (Wildman–Crippen LogP) is 1.57. The summed E-state index contributed by atoms with van der Waals surface area (Å²) in [5, 5.41) is 13.8. The Hall–Kier alpha value is -1.92. The van der Waals surface area contributed by atoms with E-state index < -0.39 is 24.0 Å². The Balaban J connectivity index is 2.35. The van der Waals surface area contributed by atoms with Crippen LogP contribution in [0.1, 0.15) is 17.3 Å². The van der Waals surface area contributed by atoms with Gasteiger partial charge in [-0.15, -0.1) is 0 Å². The molecule has 0 aliphatic carbocycles. The molecule has 4 N–H and O–H groups in total. The molecule has 2 rings (SSSR count). The maximum atomic E-state index is 12.3. The first-order chi connectivity index (χ1) is 9.91. The SMILES string of the molecule is C[C@@H](O)[C@H](NC(=O)c1ccc2ccccc2c1Br)C(N)=O. The van der Waals surface area contributed by atoms with Crippen LogP contribution in [0.15, 0.2) is 40.9 Å². The highest BCUT2D eigenvalue weighted by atomic mass is 79.9. The fraction of sp³-hybridized carbons (Fsp3) is 0.200. The molecule has 2 aromatic carbocycles. The molecule has 0 aromatic heterocycles. The number of halogens is 1. The molecule has 2 aromatic rings. The van der Waals surface area contributed by atoms with E-state index in [1.165, 1.54) is 6.92 Å². The van der Waals surface area contributed by atoms with Crippen LogP contribution < -0.4 is 11.1 Å². The molecule has 0 aliphatic rings. The van der Waals surface area contributed by atoms with Crippen molar-refractivity contribution in [3.63, 3.8) is 0 Å². The summed E-state index contributed by atoms with van der Waals surface area (Å²) in [5.41, 5.74) is 5.54. The number of hydrogen-bond acceptors (Lipinski definition) is 3. The van der Waals surface area contributed by atoms with Crippen molar-refractivity contribution >= 4 is 38.5 Å². The number of amides is 2. The highest BCUT2D eigenvalue weighted by molar-refractivity contribution is 9.10. The third kappa shape index (κ3) is 3.22. The number of nitrogens with one attached hydrogen (secondary N) is 1. The van der Waals surface area contributed by atoms with Crippen molar-refractivity contribution in [1.82, 2.24) is 5.32 Å². The zero-order valence-corrected chi connectivity index (χ0v) is 12.9. The highest BCUT2D eigenvalue weighted by Crippen LogP contribution is 2.27. The summed E-state index contributed by atoms with van der Waals surface area (Å²) in [5.74, 6) is -1.26. The number of benzene rings is 2. The first kappa shape index (κ1) is 15.5. The monoisotopic (exact) mass is 350 g/mol. The van der Waals surface area contributed by atoms with E-state index in [0.29, 0.717) is 10.0 Å². The molecule has 0 aliphatic heterocycles. The van der Waals surface area contributed by atoms with E-state index in [4.69, 9.17) is 5.73 Å². The Labute approximate surface area is 130 Å². The van der Waals surface area contributed by atoms with Crippen LogP contribution in [0.5, 0.6) is 0 Å². The van der Waals surface area contributed by atoms with Gasteiger partial charge in [0.05, 0.1) is 11.7 Å². The van der Waals surface area contributed by atoms with Gasteiger partial charge in [0, 0.05) is 4.47 Å². The van der Waals surface area contributed by atoms with Gasteiger partial charge in [-0.3, -0.25) is 9.59 Å². The molecule has 110 valence electrons. The van der Waals surface area contributed by atoms with Crippen LogP contribution in [0.2, 0.25) is 0 Å². The maximum absolute atomic E-state index is 12.3. The molecular formula is C15H15BrN2O3. The molecule has 2 atom stereocenters. The zero-order chi connectivity index (χ0) is 15.6. The minimum Gasteiger partial charge on any atom is -0.391 e. The molecule has 0 spiro atoms. The van der Waals surface area contributed by atoms with E-state index in [-0.39, 0.29) is 0 Å². The second-order valence-corrected chi connectivity index (χ2v) is 5.54. The number of hydrogen-bond donors (Lipinski definition) is 3. The van der Waals surface area contributed by atoms with E-state index in [1.54, 1.807) is 6.07 Å². The second-order valence-electron chi connectivity index (χ2n) is 4.74. The van der Waals surface area contributed by atoms with Gasteiger partial charge >= 0.3 is 0 Å². The van der Waals surface area contributed by atoms with Crippen LogP contribution in [-0.4, -0.2) is 29.1 Å². The number of rotatable bonds is 4. The lowest BCUT2D eigenvalue weighted by atomic mass is 10.1. The van der Waals surface area contributed by atoms with Crippen LogP contribution in [-0.2, 0) is 4.79 Å². The lowest BCUT2D eigenvalue weighted by molar-refractivity contribution is -0.122. The largest absolute Gasteiger partial charge is 0.391 e. The van der Waals surface area contributed by atoms with Crippen molar-refractivity contribution in [3.8, 4) is 0 Å². The smallest absolute Gasteiger partial charge is 0.253 e. The van der Waals surface area contributed by atoms with Gasteiger partial charge in [0.1, 0.15) is 6.04 Å². The van der Waals surface area contributed by atoms with Crippen LogP contribution >= 0.6 is 15.9 Å². The molecule has 0 bridgehead atoms. The van der Waals surface area contributed by atoms with E-state index in [9.17, 15) is 14.7 Å². The molecule has 0 heterocycles. The Morgan fingerprint density at radius 3 is 2.52 bits per heavy atom. The maximum Gasteiger partial charge on any atom is 0.253 e. The molecule has 0 saturated heterocycles. The molecule has 6 heteroatoms. The summed E-state index contributed by atoms with van der Waals surface area (Å²) in [7, 11) is 0. The molecule has 0 fully saturated rings. The fourth-order valence-corrected chi connectivity index (χ4v) is 2.73. The van der Waals surface area contributed by atoms with Crippen LogP contribution in [0.3, 0.4) is 0 Å². The quantitative estimate of drug-likeness (QED) is 0.781. The van der Waals surface area contributed by atoms with Crippen LogP contribution in [0, 0.1) is 0 Å². The second kappa shape index (κ2) is 6.24. The van der Waals surface area contributed by atoms with Gasteiger partial charge < -0.3 is 16.2 Å². The first-order valence-corrected chi connectivity index (χ1v) is 7.16. The van der Waals surface area contributed by atoms with E-state index in [1.807, 2.05) is 30.3 Å². The van der Waals surface area contributed by atoms with Crippen molar-refractivity contribution in [2.75, 3.05) is 0 Å². The predicted molar refractivity (Wildman–Crippen MR) is 83.8 cm³/mol. The van der Waals surface area contributed by atoms with Crippen molar-refractivity contribution < 1.29 is 14.7 Å². The fourth-order valence-electron chi connectivity index (χ4n) is 2.06.